The number of hydrogen-bond donors (Lipinski definition) is 3. The third-order valence-corrected chi connectivity index (χ3v) is 2.61. The normalized spacial score (nSPS) is 10.5. The molecular formula is C13H21N3O. The molecule has 1 aromatic rings. The molecule has 1 amide bonds. The highest BCUT2D eigenvalue weighted by Gasteiger charge is 2.06. The highest BCUT2D eigenvalue weighted by molar-refractivity contribution is 5.98. The Labute approximate surface area is 102 Å². The smallest absolute Gasteiger partial charge is 0.250 e. The molecular weight excluding hydrogens is 214 g/mol. The summed E-state index contributed by atoms with van der Waals surface area (Å²) < 4.78 is 0. The van der Waals surface area contributed by atoms with Crippen LogP contribution >= 0.6 is 0 Å². The number of carbonyl (C=O) groups excluding carboxylic acids is 1. The number of benzene rings is 1. The molecule has 0 aliphatic rings. The Morgan fingerprint density at radius 1 is 1.41 bits per heavy atom. The average molecular weight is 235 g/mol. The van der Waals surface area contributed by atoms with Crippen LogP contribution in [0.1, 0.15) is 37.0 Å². The number of hydrogen-bond acceptors (Lipinski definition) is 3. The van der Waals surface area contributed by atoms with E-state index in [1.807, 2.05) is 6.07 Å². The minimum atomic E-state index is -0.492. The first kappa shape index (κ1) is 13.4. The number of nitrogen functional groups attached to an aromatic ring is 1. The van der Waals surface area contributed by atoms with Crippen LogP contribution in [-0.4, -0.2) is 12.5 Å². The van der Waals surface area contributed by atoms with Crippen molar-refractivity contribution in [2.45, 2.75) is 26.7 Å². The maximum Gasteiger partial charge on any atom is 0.250 e. The predicted molar refractivity (Wildman–Crippen MR) is 71.9 cm³/mol. The van der Waals surface area contributed by atoms with Crippen molar-refractivity contribution in [3.05, 3.63) is 23.8 Å². The summed E-state index contributed by atoms with van der Waals surface area (Å²) in [5, 5.41) is 3.26. The number of anilines is 2. The standard InChI is InChI=1S/C13H21N3O/c1-9(2)4-3-7-16-10-5-6-12(14)11(8-10)13(15)17/h5-6,8-9,16H,3-4,7,14H2,1-2H3,(H2,15,17). The summed E-state index contributed by atoms with van der Waals surface area (Å²) in [6.07, 6.45) is 2.29. The molecule has 1 rings (SSSR count). The van der Waals surface area contributed by atoms with Gasteiger partial charge in [0.05, 0.1) is 5.56 Å². The summed E-state index contributed by atoms with van der Waals surface area (Å²) in [6.45, 7) is 5.29. The monoisotopic (exact) mass is 235 g/mol. The molecule has 0 bridgehead atoms. The molecule has 5 N–H and O–H groups in total. The topological polar surface area (TPSA) is 81.1 Å². The van der Waals surface area contributed by atoms with E-state index in [9.17, 15) is 4.79 Å². The van der Waals surface area contributed by atoms with Crippen molar-refractivity contribution in [3.63, 3.8) is 0 Å². The maximum atomic E-state index is 11.1. The fourth-order valence-corrected chi connectivity index (χ4v) is 1.62. The lowest BCUT2D eigenvalue weighted by atomic mass is 10.1. The molecule has 0 spiro atoms. The first-order valence-electron chi connectivity index (χ1n) is 5.94. The Kier molecular flexibility index (Phi) is 4.82. The molecule has 1 aromatic carbocycles. The van der Waals surface area contributed by atoms with Crippen molar-refractivity contribution in [2.75, 3.05) is 17.6 Å². The van der Waals surface area contributed by atoms with Gasteiger partial charge in [-0.05, 0) is 37.0 Å². The first-order valence-corrected chi connectivity index (χ1v) is 5.94. The van der Waals surface area contributed by atoms with Crippen molar-refractivity contribution < 1.29 is 4.79 Å². The van der Waals surface area contributed by atoms with Gasteiger partial charge in [-0.25, -0.2) is 0 Å². The Morgan fingerprint density at radius 2 is 2.12 bits per heavy atom. The van der Waals surface area contributed by atoms with Crippen LogP contribution in [0.5, 0.6) is 0 Å². The predicted octanol–water partition coefficient (Wildman–Crippen LogP) is 2.22. The summed E-state index contributed by atoms with van der Waals surface area (Å²) in [7, 11) is 0. The van der Waals surface area contributed by atoms with E-state index in [1.54, 1.807) is 12.1 Å². The molecule has 0 saturated heterocycles. The molecule has 0 unspecified atom stereocenters. The minimum Gasteiger partial charge on any atom is -0.398 e. The summed E-state index contributed by atoms with van der Waals surface area (Å²) in [5.41, 5.74) is 12.6. The highest BCUT2D eigenvalue weighted by Crippen LogP contribution is 2.17. The van der Waals surface area contributed by atoms with E-state index in [-0.39, 0.29) is 0 Å². The van der Waals surface area contributed by atoms with E-state index in [4.69, 9.17) is 11.5 Å². The van der Waals surface area contributed by atoms with Gasteiger partial charge in [0, 0.05) is 17.9 Å². The number of nitrogens with one attached hydrogen (secondary N) is 1. The lowest BCUT2D eigenvalue weighted by Gasteiger charge is -2.10. The van der Waals surface area contributed by atoms with Gasteiger partial charge in [0.25, 0.3) is 5.91 Å². The van der Waals surface area contributed by atoms with Crippen molar-refractivity contribution in [2.24, 2.45) is 11.7 Å². The Bertz CT molecular complexity index is 388. The second-order valence-electron chi connectivity index (χ2n) is 4.63. The van der Waals surface area contributed by atoms with E-state index in [0.717, 1.165) is 18.7 Å². The molecule has 0 heterocycles. The Balaban J connectivity index is 2.54. The third kappa shape index (κ3) is 4.34. The van der Waals surface area contributed by atoms with Crippen LogP contribution in [0.2, 0.25) is 0 Å². The molecule has 0 aromatic heterocycles. The van der Waals surface area contributed by atoms with Crippen molar-refractivity contribution >= 4 is 17.3 Å². The summed E-state index contributed by atoms with van der Waals surface area (Å²) in [4.78, 5) is 11.1. The zero-order valence-corrected chi connectivity index (χ0v) is 10.5. The van der Waals surface area contributed by atoms with Crippen LogP contribution in [0.3, 0.4) is 0 Å². The van der Waals surface area contributed by atoms with Crippen molar-refractivity contribution in [1.82, 2.24) is 0 Å². The number of carbonyl (C=O) groups is 1. The summed E-state index contributed by atoms with van der Waals surface area (Å²) in [6, 6.07) is 5.26. The fraction of sp³-hybridized carbons (Fsp3) is 0.462. The average Bonchev–Trinajstić information content (AvgIpc) is 2.25. The van der Waals surface area contributed by atoms with Crippen molar-refractivity contribution in [1.29, 1.82) is 0 Å². The fourth-order valence-electron chi connectivity index (χ4n) is 1.62. The van der Waals surface area contributed by atoms with Crippen LogP contribution < -0.4 is 16.8 Å². The second-order valence-corrected chi connectivity index (χ2v) is 4.63. The van der Waals surface area contributed by atoms with E-state index < -0.39 is 5.91 Å². The number of nitrogens with two attached hydrogens (primary N) is 2. The number of primary amides is 1. The van der Waals surface area contributed by atoms with Gasteiger partial charge in [-0.3, -0.25) is 4.79 Å². The molecule has 0 saturated carbocycles. The molecule has 0 fully saturated rings. The SMILES string of the molecule is CC(C)CCCNc1ccc(N)c(C(N)=O)c1. The Morgan fingerprint density at radius 3 is 2.71 bits per heavy atom. The third-order valence-electron chi connectivity index (χ3n) is 2.61. The van der Waals surface area contributed by atoms with E-state index in [2.05, 4.69) is 19.2 Å². The second kappa shape index (κ2) is 6.13. The lowest BCUT2D eigenvalue weighted by molar-refractivity contribution is 0.100. The van der Waals surface area contributed by atoms with Crippen LogP contribution in [-0.2, 0) is 0 Å². The highest BCUT2D eigenvalue weighted by atomic mass is 16.1. The van der Waals surface area contributed by atoms with Gasteiger partial charge < -0.3 is 16.8 Å². The molecule has 0 aliphatic carbocycles. The van der Waals surface area contributed by atoms with E-state index in [0.29, 0.717) is 17.2 Å². The maximum absolute atomic E-state index is 11.1. The van der Waals surface area contributed by atoms with Crippen LogP contribution in [0.4, 0.5) is 11.4 Å². The van der Waals surface area contributed by atoms with Crippen molar-refractivity contribution in [3.8, 4) is 0 Å². The van der Waals surface area contributed by atoms with Gasteiger partial charge in [0.2, 0.25) is 0 Å². The van der Waals surface area contributed by atoms with Gasteiger partial charge in [-0.2, -0.15) is 0 Å². The van der Waals surface area contributed by atoms with E-state index >= 15 is 0 Å². The molecule has 0 atom stereocenters. The van der Waals surface area contributed by atoms with Gasteiger partial charge in [0.1, 0.15) is 0 Å². The number of amides is 1. The zero-order valence-electron chi connectivity index (χ0n) is 10.5. The van der Waals surface area contributed by atoms with Gasteiger partial charge >= 0.3 is 0 Å². The largest absolute Gasteiger partial charge is 0.398 e. The minimum absolute atomic E-state index is 0.374. The zero-order chi connectivity index (χ0) is 12.8. The van der Waals surface area contributed by atoms with Gasteiger partial charge in [-0.1, -0.05) is 13.8 Å². The number of rotatable bonds is 6. The van der Waals surface area contributed by atoms with Crippen LogP contribution in [0.25, 0.3) is 0 Å². The first-order chi connectivity index (χ1) is 8.00. The lowest BCUT2D eigenvalue weighted by Crippen LogP contribution is -2.14. The molecule has 4 heteroatoms. The molecule has 0 radical (unpaired) electrons. The summed E-state index contributed by atoms with van der Waals surface area (Å²) >= 11 is 0. The molecule has 4 nitrogen and oxygen atoms in total. The van der Waals surface area contributed by atoms with Crippen LogP contribution in [0, 0.1) is 5.92 Å². The molecule has 0 aliphatic heterocycles. The Hall–Kier alpha value is -1.71. The molecule has 17 heavy (non-hydrogen) atoms. The van der Waals surface area contributed by atoms with Crippen LogP contribution in [0.15, 0.2) is 18.2 Å². The molecule has 94 valence electrons. The summed E-state index contributed by atoms with van der Waals surface area (Å²) in [5.74, 6) is 0.220. The van der Waals surface area contributed by atoms with Gasteiger partial charge in [-0.15, -0.1) is 0 Å². The van der Waals surface area contributed by atoms with E-state index in [1.165, 1.54) is 6.42 Å². The van der Waals surface area contributed by atoms with Gasteiger partial charge in [0.15, 0.2) is 0 Å². The quantitative estimate of drug-likeness (QED) is 0.522.